The molecule has 4 rings (SSSR count). The summed E-state index contributed by atoms with van der Waals surface area (Å²) in [5, 5.41) is 0. The number of rotatable bonds is 5. The Morgan fingerprint density at radius 2 is 1.75 bits per heavy atom. The molecule has 2 heterocycles. The first-order chi connectivity index (χ1) is 13.6. The molecule has 0 unspecified atom stereocenters. The zero-order valence-electron chi connectivity index (χ0n) is 16.2. The van der Waals surface area contributed by atoms with Crippen molar-refractivity contribution in [1.29, 1.82) is 0 Å². The maximum absolute atomic E-state index is 12.7. The first kappa shape index (κ1) is 18.5. The van der Waals surface area contributed by atoms with Crippen LogP contribution in [0.15, 0.2) is 59.4 Å². The van der Waals surface area contributed by atoms with E-state index >= 15 is 0 Å². The summed E-state index contributed by atoms with van der Waals surface area (Å²) in [5.41, 5.74) is 2.96. The standard InChI is InChI=1S/C22H26N4O2/c1-24(15-17-7-3-2-4-8-17)16-21(27)25-13-11-18(12-14-25)26-20-10-6-5-9-19(20)23-22(26)28/h2-10,18H,11-16H2,1H3,(H,23,28). The van der Waals surface area contributed by atoms with Gasteiger partial charge in [-0.25, -0.2) is 4.79 Å². The van der Waals surface area contributed by atoms with Crippen LogP contribution in [0.5, 0.6) is 0 Å². The van der Waals surface area contributed by atoms with E-state index in [1.54, 1.807) is 0 Å². The Kier molecular flexibility index (Phi) is 5.30. The molecule has 146 valence electrons. The van der Waals surface area contributed by atoms with Crippen molar-refractivity contribution in [3.8, 4) is 0 Å². The van der Waals surface area contributed by atoms with Crippen molar-refractivity contribution < 1.29 is 4.79 Å². The Balaban J connectivity index is 1.35. The minimum atomic E-state index is -0.0615. The molecule has 1 aliphatic heterocycles. The summed E-state index contributed by atoms with van der Waals surface area (Å²) in [6.45, 7) is 2.55. The predicted molar refractivity (Wildman–Crippen MR) is 110 cm³/mol. The number of aromatic nitrogens is 2. The molecular weight excluding hydrogens is 352 g/mol. The lowest BCUT2D eigenvalue weighted by atomic mass is 10.0. The third-order valence-corrected chi connectivity index (χ3v) is 5.51. The number of fused-ring (bicyclic) bond motifs is 1. The van der Waals surface area contributed by atoms with E-state index in [0.717, 1.165) is 30.4 Å². The number of piperidine rings is 1. The van der Waals surface area contributed by atoms with E-state index in [1.165, 1.54) is 5.56 Å². The second kappa shape index (κ2) is 8.02. The fourth-order valence-electron chi connectivity index (χ4n) is 4.09. The van der Waals surface area contributed by atoms with E-state index in [0.29, 0.717) is 19.6 Å². The number of aromatic amines is 1. The molecule has 3 aromatic rings. The van der Waals surface area contributed by atoms with Crippen LogP contribution in [0.1, 0.15) is 24.4 Å². The number of carbonyl (C=O) groups is 1. The number of hydrogen-bond acceptors (Lipinski definition) is 3. The highest BCUT2D eigenvalue weighted by molar-refractivity contribution is 5.78. The van der Waals surface area contributed by atoms with Crippen LogP contribution in [0.3, 0.4) is 0 Å². The molecule has 0 bridgehead atoms. The lowest BCUT2D eigenvalue weighted by Crippen LogP contribution is -2.44. The molecule has 0 atom stereocenters. The molecule has 1 N–H and O–H groups in total. The second-order valence-corrected chi connectivity index (χ2v) is 7.59. The molecule has 1 fully saturated rings. The number of hydrogen-bond donors (Lipinski definition) is 1. The van der Waals surface area contributed by atoms with Crippen molar-refractivity contribution in [2.24, 2.45) is 0 Å². The van der Waals surface area contributed by atoms with Gasteiger partial charge in [-0.05, 0) is 37.6 Å². The average molecular weight is 378 g/mol. The number of carbonyl (C=O) groups excluding carboxylic acids is 1. The molecular formula is C22H26N4O2. The van der Waals surface area contributed by atoms with E-state index in [1.807, 2.05) is 63.9 Å². The minimum absolute atomic E-state index is 0.0615. The summed E-state index contributed by atoms with van der Waals surface area (Å²) in [4.78, 5) is 32.0. The van der Waals surface area contributed by atoms with Gasteiger partial charge in [0, 0.05) is 25.7 Å². The van der Waals surface area contributed by atoms with Gasteiger partial charge >= 0.3 is 5.69 Å². The topological polar surface area (TPSA) is 61.3 Å². The van der Waals surface area contributed by atoms with Crippen LogP contribution >= 0.6 is 0 Å². The third-order valence-electron chi connectivity index (χ3n) is 5.51. The van der Waals surface area contributed by atoms with Gasteiger partial charge in [-0.15, -0.1) is 0 Å². The van der Waals surface area contributed by atoms with Gasteiger partial charge in [-0.2, -0.15) is 0 Å². The fraction of sp³-hybridized carbons (Fsp3) is 0.364. The Morgan fingerprint density at radius 1 is 1.07 bits per heavy atom. The van der Waals surface area contributed by atoms with Crippen molar-refractivity contribution in [2.45, 2.75) is 25.4 Å². The number of nitrogens with zero attached hydrogens (tertiary/aromatic N) is 3. The molecule has 1 aliphatic rings. The zero-order valence-corrected chi connectivity index (χ0v) is 16.2. The van der Waals surface area contributed by atoms with Gasteiger partial charge in [0.1, 0.15) is 0 Å². The fourth-order valence-corrected chi connectivity index (χ4v) is 4.09. The van der Waals surface area contributed by atoms with Gasteiger partial charge in [0.2, 0.25) is 5.91 Å². The molecule has 0 radical (unpaired) electrons. The SMILES string of the molecule is CN(CC(=O)N1CCC(n2c(=O)[nH]c3ccccc32)CC1)Cc1ccccc1. The maximum Gasteiger partial charge on any atom is 0.326 e. The van der Waals surface area contributed by atoms with Crippen molar-refractivity contribution in [2.75, 3.05) is 26.7 Å². The molecule has 6 heteroatoms. The van der Waals surface area contributed by atoms with E-state index in [9.17, 15) is 9.59 Å². The van der Waals surface area contributed by atoms with Crippen LogP contribution < -0.4 is 5.69 Å². The predicted octanol–water partition coefficient (Wildman–Crippen LogP) is 2.63. The van der Waals surface area contributed by atoms with E-state index in [4.69, 9.17) is 0 Å². The van der Waals surface area contributed by atoms with Crippen LogP contribution in [-0.2, 0) is 11.3 Å². The van der Waals surface area contributed by atoms with Crippen molar-refractivity contribution in [3.05, 3.63) is 70.6 Å². The van der Waals surface area contributed by atoms with Crippen molar-refractivity contribution >= 4 is 16.9 Å². The lowest BCUT2D eigenvalue weighted by Gasteiger charge is -2.33. The van der Waals surface area contributed by atoms with Gasteiger partial charge in [-0.1, -0.05) is 42.5 Å². The third kappa shape index (κ3) is 3.87. The Hall–Kier alpha value is -2.86. The summed E-state index contributed by atoms with van der Waals surface area (Å²) >= 11 is 0. The minimum Gasteiger partial charge on any atom is -0.341 e. The number of nitrogens with one attached hydrogen (secondary N) is 1. The molecule has 6 nitrogen and oxygen atoms in total. The van der Waals surface area contributed by atoms with Gasteiger partial charge in [0.05, 0.1) is 17.6 Å². The Morgan fingerprint density at radius 3 is 2.50 bits per heavy atom. The molecule has 1 amide bonds. The van der Waals surface area contributed by atoms with Crippen molar-refractivity contribution in [1.82, 2.24) is 19.4 Å². The number of H-pyrrole nitrogens is 1. The highest BCUT2D eigenvalue weighted by Gasteiger charge is 2.26. The highest BCUT2D eigenvalue weighted by atomic mass is 16.2. The van der Waals surface area contributed by atoms with Gasteiger partial charge in [0.15, 0.2) is 0 Å². The van der Waals surface area contributed by atoms with Crippen LogP contribution in [0.4, 0.5) is 0 Å². The number of benzene rings is 2. The summed E-state index contributed by atoms with van der Waals surface area (Å²) in [6.07, 6.45) is 1.60. The van der Waals surface area contributed by atoms with E-state index < -0.39 is 0 Å². The van der Waals surface area contributed by atoms with Gasteiger partial charge in [-0.3, -0.25) is 14.3 Å². The van der Waals surface area contributed by atoms with E-state index in [2.05, 4.69) is 17.1 Å². The zero-order chi connectivity index (χ0) is 19.5. The first-order valence-electron chi connectivity index (χ1n) is 9.81. The maximum atomic E-state index is 12.7. The average Bonchev–Trinajstić information content (AvgIpc) is 3.04. The molecule has 0 spiro atoms. The number of likely N-dealkylation sites (tertiary alicyclic amines) is 1. The molecule has 2 aromatic carbocycles. The Labute approximate surface area is 164 Å². The van der Waals surface area contributed by atoms with Crippen LogP contribution in [0, 0.1) is 0 Å². The van der Waals surface area contributed by atoms with Crippen LogP contribution in [-0.4, -0.2) is 51.9 Å². The number of para-hydroxylation sites is 2. The molecule has 0 saturated carbocycles. The normalized spacial score (nSPS) is 15.4. The number of imidazole rings is 1. The Bertz CT molecular complexity index is 1000. The van der Waals surface area contributed by atoms with Crippen molar-refractivity contribution in [3.63, 3.8) is 0 Å². The van der Waals surface area contributed by atoms with Gasteiger partial charge in [0.25, 0.3) is 0 Å². The number of amides is 1. The molecule has 28 heavy (non-hydrogen) atoms. The monoisotopic (exact) mass is 378 g/mol. The summed E-state index contributed by atoms with van der Waals surface area (Å²) in [5.74, 6) is 0.156. The number of likely N-dealkylation sites (N-methyl/N-ethyl adjacent to an activating group) is 1. The highest BCUT2D eigenvalue weighted by Crippen LogP contribution is 2.24. The molecule has 0 aliphatic carbocycles. The van der Waals surface area contributed by atoms with Gasteiger partial charge < -0.3 is 9.88 Å². The first-order valence-corrected chi connectivity index (χ1v) is 9.81. The smallest absolute Gasteiger partial charge is 0.326 e. The van der Waals surface area contributed by atoms with Crippen LogP contribution in [0.25, 0.3) is 11.0 Å². The summed E-state index contributed by atoms with van der Waals surface area (Å²) in [6, 6.07) is 18.1. The summed E-state index contributed by atoms with van der Waals surface area (Å²) < 4.78 is 1.86. The molecule has 1 aromatic heterocycles. The second-order valence-electron chi connectivity index (χ2n) is 7.59. The quantitative estimate of drug-likeness (QED) is 0.742. The van der Waals surface area contributed by atoms with E-state index in [-0.39, 0.29) is 17.6 Å². The van der Waals surface area contributed by atoms with Crippen LogP contribution in [0.2, 0.25) is 0 Å². The molecule has 1 saturated heterocycles. The largest absolute Gasteiger partial charge is 0.341 e. The summed E-state index contributed by atoms with van der Waals surface area (Å²) in [7, 11) is 1.98. The lowest BCUT2D eigenvalue weighted by molar-refractivity contribution is -0.133.